The van der Waals surface area contributed by atoms with E-state index in [4.69, 9.17) is 9.47 Å². The second kappa shape index (κ2) is 20.8. The van der Waals surface area contributed by atoms with Crippen molar-refractivity contribution in [2.75, 3.05) is 28.3 Å². The molecule has 0 saturated carbocycles. The SMILES string of the molecule is CC[C@H](NC(=O)OC(C)(C)C)C(=O)N(C)[C@@H](C)C(=O)N(C)[C@@H](CC(C)C)C(=O)N[C@H](C(=O)N(C)[C@@H](CC(C)C)C(=O)N[C@@H](C)C(=O)OC)C(C)C. The highest BCUT2D eigenvalue weighted by atomic mass is 16.6. The van der Waals surface area contributed by atoms with Crippen LogP contribution in [0.3, 0.4) is 0 Å². The zero-order valence-electron chi connectivity index (χ0n) is 33.8. The smallest absolute Gasteiger partial charge is 0.408 e. The molecule has 0 aromatic carbocycles. The van der Waals surface area contributed by atoms with Crippen molar-refractivity contribution < 1.29 is 43.0 Å². The number of likely N-dealkylation sites (N-methyl/N-ethyl adjacent to an activating group) is 3. The van der Waals surface area contributed by atoms with Gasteiger partial charge in [0.15, 0.2) is 0 Å². The lowest BCUT2D eigenvalue weighted by Gasteiger charge is -2.36. The number of nitrogens with zero attached hydrogens (tertiary/aromatic N) is 3. The minimum Gasteiger partial charge on any atom is -0.467 e. The van der Waals surface area contributed by atoms with E-state index in [1.54, 1.807) is 41.5 Å². The molecule has 0 aliphatic carbocycles. The summed E-state index contributed by atoms with van der Waals surface area (Å²) in [5.74, 6) is -3.67. The van der Waals surface area contributed by atoms with Crippen LogP contribution in [0.25, 0.3) is 0 Å². The van der Waals surface area contributed by atoms with Crippen LogP contribution in [-0.4, -0.2) is 126 Å². The first-order valence-corrected chi connectivity index (χ1v) is 17.8. The monoisotopic (exact) mass is 726 g/mol. The summed E-state index contributed by atoms with van der Waals surface area (Å²) in [6.45, 7) is 21.0. The van der Waals surface area contributed by atoms with Crippen LogP contribution in [0.2, 0.25) is 0 Å². The van der Waals surface area contributed by atoms with Crippen LogP contribution in [0.5, 0.6) is 0 Å². The van der Waals surface area contributed by atoms with Crippen LogP contribution in [0.4, 0.5) is 4.79 Å². The number of carbonyl (C=O) groups is 7. The third-order valence-corrected chi connectivity index (χ3v) is 8.45. The minimum absolute atomic E-state index is 0.0132. The minimum atomic E-state index is -1.05. The Kier molecular flexibility index (Phi) is 19.2. The van der Waals surface area contributed by atoms with Crippen molar-refractivity contribution in [1.82, 2.24) is 30.7 Å². The Morgan fingerprint density at radius 1 is 0.647 bits per heavy atom. The fourth-order valence-electron chi connectivity index (χ4n) is 5.30. The van der Waals surface area contributed by atoms with Gasteiger partial charge in [-0.05, 0) is 71.6 Å². The largest absolute Gasteiger partial charge is 0.467 e. The normalized spacial score (nSPS) is 15.1. The Balaban J connectivity index is 6.20. The molecule has 0 saturated heterocycles. The molecule has 0 radical (unpaired) electrons. The molecule has 294 valence electrons. The summed E-state index contributed by atoms with van der Waals surface area (Å²) < 4.78 is 10.0. The third-order valence-electron chi connectivity index (χ3n) is 8.45. The van der Waals surface area contributed by atoms with E-state index in [0.29, 0.717) is 6.42 Å². The van der Waals surface area contributed by atoms with Gasteiger partial charge in [-0.2, -0.15) is 0 Å². The number of carbonyl (C=O) groups excluding carboxylic acids is 7. The van der Waals surface area contributed by atoms with Gasteiger partial charge in [-0.25, -0.2) is 9.59 Å². The van der Waals surface area contributed by atoms with Gasteiger partial charge >= 0.3 is 12.1 Å². The second-order valence-corrected chi connectivity index (χ2v) is 15.4. The molecule has 0 fully saturated rings. The van der Waals surface area contributed by atoms with E-state index in [1.165, 1.54) is 56.8 Å². The first kappa shape index (κ1) is 47.1. The number of hydrogen-bond acceptors (Lipinski definition) is 9. The molecule has 51 heavy (non-hydrogen) atoms. The lowest BCUT2D eigenvalue weighted by atomic mass is 9.96. The summed E-state index contributed by atoms with van der Waals surface area (Å²) in [4.78, 5) is 96.5. The highest BCUT2D eigenvalue weighted by molar-refractivity contribution is 5.96. The first-order valence-electron chi connectivity index (χ1n) is 17.8. The van der Waals surface area contributed by atoms with Gasteiger partial charge in [-0.1, -0.05) is 48.5 Å². The van der Waals surface area contributed by atoms with E-state index in [9.17, 15) is 33.6 Å². The fraction of sp³-hybridized carbons (Fsp3) is 0.806. The van der Waals surface area contributed by atoms with Gasteiger partial charge in [-0.15, -0.1) is 0 Å². The molecule has 0 bridgehead atoms. The maximum Gasteiger partial charge on any atom is 0.408 e. The van der Waals surface area contributed by atoms with E-state index in [-0.39, 0.29) is 24.7 Å². The number of rotatable bonds is 18. The highest BCUT2D eigenvalue weighted by Gasteiger charge is 2.39. The van der Waals surface area contributed by atoms with Gasteiger partial charge < -0.3 is 40.1 Å². The fourth-order valence-corrected chi connectivity index (χ4v) is 5.30. The Morgan fingerprint density at radius 2 is 1.10 bits per heavy atom. The van der Waals surface area contributed by atoms with Gasteiger partial charge in [0.2, 0.25) is 29.5 Å². The molecular weight excluding hydrogens is 660 g/mol. The summed E-state index contributed by atoms with van der Waals surface area (Å²) in [7, 11) is 5.63. The summed E-state index contributed by atoms with van der Waals surface area (Å²) in [6.07, 6.45) is 0.0485. The number of nitrogens with one attached hydrogen (secondary N) is 3. The lowest BCUT2D eigenvalue weighted by Crippen LogP contribution is -2.60. The molecule has 6 amide bonds. The van der Waals surface area contributed by atoms with Gasteiger partial charge in [0.25, 0.3) is 0 Å². The van der Waals surface area contributed by atoms with Gasteiger partial charge in [-0.3, -0.25) is 24.0 Å². The number of alkyl carbamates (subject to hydrolysis) is 1. The number of esters is 1. The molecule has 0 aliphatic rings. The van der Waals surface area contributed by atoms with E-state index in [0.717, 1.165) is 0 Å². The van der Waals surface area contributed by atoms with Crippen LogP contribution in [0, 0.1) is 17.8 Å². The Bertz CT molecular complexity index is 1220. The standard InChI is InChI=1S/C36H66N6O9/c1-17-25(38-35(49)51-36(10,11)12)32(46)40(13)24(9)31(45)41(14)27(19-21(4)5)30(44)39-28(22(6)7)33(47)42(15)26(18-20(2)3)29(43)37-23(8)34(48)50-16/h20-28H,17-19H2,1-16H3,(H,37,43)(H,38,49)(H,39,44)/t23-,24-,25-,26-,27-,28-/m0/s1. The number of methoxy groups -OCH3 is 1. The van der Waals surface area contributed by atoms with Crippen molar-refractivity contribution in [1.29, 1.82) is 0 Å². The zero-order valence-corrected chi connectivity index (χ0v) is 33.8. The van der Waals surface area contributed by atoms with Gasteiger partial charge in [0.1, 0.15) is 41.9 Å². The van der Waals surface area contributed by atoms with Crippen molar-refractivity contribution in [3.63, 3.8) is 0 Å². The van der Waals surface area contributed by atoms with Crippen molar-refractivity contribution in [3.05, 3.63) is 0 Å². The first-order chi connectivity index (χ1) is 23.3. The molecule has 0 rings (SSSR count). The number of ether oxygens (including phenoxy) is 2. The van der Waals surface area contributed by atoms with Crippen LogP contribution in [0.1, 0.15) is 102 Å². The zero-order chi connectivity index (χ0) is 40.1. The van der Waals surface area contributed by atoms with Crippen molar-refractivity contribution in [2.24, 2.45) is 17.8 Å². The van der Waals surface area contributed by atoms with E-state index >= 15 is 0 Å². The van der Waals surface area contributed by atoms with Crippen molar-refractivity contribution in [2.45, 2.75) is 144 Å². The average molecular weight is 727 g/mol. The molecule has 15 nitrogen and oxygen atoms in total. The van der Waals surface area contributed by atoms with Crippen molar-refractivity contribution >= 4 is 41.6 Å². The quantitative estimate of drug-likeness (QED) is 0.179. The Labute approximate surface area is 305 Å². The van der Waals surface area contributed by atoms with Crippen molar-refractivity contribution in [3.8, 4) is 0 Å². The average Bonchev–Trinajstić information content (AvgIpc) is 3.03. The van der Waals surface area contributed by atoms with E-state index < -0.39 is 89.4 Å². The molecule has 0 aliphatic heterocycles. The van der Waals surface area contributed by atoms with Gasteiger partial charge in [0, 0.05) is 21.1 Å². The Morgan fingerprint density at radius 3 is 1.49 bits per heavy atom. The Hall–Kier alpha value is -3.91. The van der Waals surface area contributed by atoms with E-state index in [2.05, 4.69) is 16.0 Å². The predicted octanol–water partition coefficient (Wildman–Crippen LogP) is 2.70. The molecule has 0 unspecified atom stereocenters. The highest BCUT2D eigenvalue weighted by Crippen LogP contribution is 2.18. The van der Waals surface area contributed by atoms with E-state index in [1.807, 2.05) is 27.7 Å². The second-order valence-electron chi connectivity index (χ2n) is 15.4. The molecule has 3 N–H and O–H groups in total. The molecule has 0 aromatic rings. The topological polar surface area (TPSA) is 184 Å². The maximum atomic E-state index is 14.0. The molecule has 0 spiro atoms. The summed E-state index contributed by atoms with van der Waals surface area (Å²) in [5.41, 5.74) is -0.765. The van der Waals surface area contributed by atoms with Gasteiger partial charge in [0.05, 0.1) is 7.11 Å². The molecular formula is C36H66N6O9. The summed E-state index contributed by atoms with van der Waals surface area (Å²) >= 11 is 0. The van der Waals surface area contributed by atoms with Crippen LogP contribution < -0.4 is 16.0 Å². The maximum absolute atomic E-state index is 14.0. The number of hydrogen-bond donors (Lipinski definition) is 3. The van der Waals surface area contributed by atoms with Crippen LogP contribution in [-0.2, 0) is 38.2 Å². The molecule has 0 aromatic heterocycles. The predicted molar refractivity (Wildman–Crippen MR) is 194 cm³/mol. The third kappa shape index (κ3) is 15.1. The summed E-state index contributed by atoms with van der Waals surface area (Å²) in [6, 6.07) is -5.87. The summed E-state index contributed by atoms with van der Waals surface area (Å²) in [5, 5.41) is 8.02. The molecule has 0 heterocycles. The van der Waals surface area contributed by atoms with Crippen LogP contribution in [0.15, 0.2) is 0 Å². The number of amides is 6. The molecule has 15 heteroatoms. The molecule has 6 atom stereocenters. The lowest BCUT2D eigenvalue weighted by molar-refractivity contribution is -0.149. The van der Waals surface area contributed by atoms with Crippen LogP contribution >= 0.6 is 0 Å².